The summed E-state index contributed by atoms with van der Waals surface area (Å²) in [4.78, 5) is 0.144. The van der Waals surface area contributed by atoms with Gasteiger partial charge in [-0.3, -0.25) is 0 Å². The highest BCUT2D eigenvalue weighted by Gasteiger charge is 2.23. The smallest absolute Gasteiger partial charge is 0.243 e. The summed E-state index contributed by atoms with van der Waals surface area (Å²) in [6, 6.07) is 14.0. The molecular formula is C15H16BrNO3S. The topological polar surface area (TPSA) is 57.6 Å². The monoisotopic (exact) mass is 369 g/mol. The lowest BCUT2D eigenvalue weighted by molar-refractivity contribution is 0.278. The molecule has 4 nitrogen and oxygen atoms in total. The summed E-state index contributed by atoms with van der Waals surface area (Å²) in [5.41, 5.74) is 1.29. The maximum absolute atomic E-state index is 12.6. The quantitative estimate of drug-likeness (QED) is 0.881. The first-order chi connectivity index (χ1) is 9.95. The molecule has 0 aliphatic heterocycles. The second-order valence-corrected chi connectivity index (χ2v) is 7.59. The minimum Gasteiger partial charge on any atom is -0.392 e. The Bertz CT molecular complexity index is 731. The molecular weight excluding hydrogens is 354 g/mol. The molecule has 1 N–H and O–H groups in total. The van der Waals surface area contributed by atoms with Crippen molar-refractivity contribution in [2.75, 3.05) is 7.05 Å². The van der Waals surface area contributed by atoms with Gasteiger partial charge >= 0.3 is 0 Å². The Morgan fingerprint density at radius 1 is 1.14 bits per heavy atom. The minimum absolute atomic E-state index is 0.144. The van der Waals surface area contributed by atoms with Gasteiger partial charge in [0.2, 0.25) is 10.0 Å². The van der Waals surface area contributed by atoms with Gasteiger partial charge in [0.15, 0.2) is 0 Å². The van der Waals surface area contributed by atoms with Crippen molar-refractivity contribution in [1.29, 1.82) is 0 Å². The second kappa shape index (κ2) is 6.70. The van der Waals surface area contributed by atoms with Crippen LogP contribution in [0.1, 0.15) is 11.1 Å². The Kier molecular flexibility index (Phi) is 5.16. The zero-order valence-electron chi connectivity index (χ0n) is 11.5. The van der Waals surface area contributed by atoms with Crippen molar-refractivity contribution in [3.8, 4) is 0 Å². The summed E-state index contributed by atoms with van der Waals surface area (Å²) in [7, 11) is -2.10. The van der Waals surface area contributed by atoms with Crippen LogP contribution < -0.4 is 0 Å². The Labute approximate surface area is 133 Å². The molecule has 0 heterocycles. The van der Waals surface area contributed by atoms with Crippen LogP contribution in [0.5, 0.6) is 0 Å². The SMILES string of the molecule is CN(Cc1cccc(Br)c1)S(=O)(=O)c1ccccc1CO. The molecule has 0 aliphatic rings. The Hall–Kier alpha value is -1.21. The van der Waals surface area contributed by atoms with Crippen LogP contribution in [0.3, 0.4) is 0 Å². The van der Waals surface area contributed by atoms with Gasteiger partial charge in [0.1, 0.15) is 0 Å². The minimum atomic E-state index is -3.63. The average Bonchev–Trinajstić information content (AvgIpc) is 2.47. The Balaban J connectivity index is 2.31. The third kappa shape index (κ3) is 3.71. The van der Waals surface area contributed by atoms with E-state index in [0.717, 1.165) is 10.0 Å². The number of nitrogens with zero attached hydrogens (tertiary/aromatic N) is 1. The molecule has 0 aromatic heterocycles. The van der Waals surface area contributed by atoms with Crippen LogP contribution in [0.2, 0.25) is 0 Å². The molecule has 0 bridgehead atoms. The summed E-state index contributed by atoms with van der Waals surface area (Å²) < 4.78 is 27.4. The fourth-order valence-corrected chi connectivity index (χ4v) is 3.85. The Morgan fingerprint density at radius 2 is 1.86 bits per heavy atom. The van der Waals surface area contributed by atoms with Gasteiger partial charge in [-0.15, -0.1) is 0 Å². The maximum Gasteiger partial charge on any atom is 0.243 e. The number of aliphatic hydroxyl groups excluding tert-OH is 1. The molecule has 112 valence electrons. The number of rotatable bonds is 5. The number of hydrogen-bond donors (Lipinski definition) is 1. The van der Waals surface area contributed by atoms with Crippen molar-refractivity contribution in [3.05, 3.63) is 64.1 Å². The largest absolute Gasteiger partial charge is 0.392 e. The summed E-state index contributed by atoms with van der Waals surface area (Å²) in [5.74, 6) is 0. The van der Waals surface area contributed by atoms with E-state index in [0.29, 0.717) is 5.56 Å². The molecule has 0 unspecified atom stereocenters. The second-order valence-electron chi connectivity index (χ2n) is 4.66. The third-order valence-corrected chi connectivity index (χ3v) is 5.52. The average molecular weight is 370 g/mol. The van der Waals surface area contributed by atoms with Crippen LogP contribution in [-0.4, -0.2) is 24.9 Å². The molecule has 0 aliphatic carbocycles. The van der Waals surface area contributed by atoms with Crippen molar-refractivity contribution < 1.29 is 13.5 Å². The molecule has 0 amide bonds. The summed E-state index contributed by atoms with van der Waals surface area (Å²) >= 11 is 3.37. The molecule has 0 radical (unpaired) electrons. The van der Waals surface area contributed by atoms with E-state index < -0.39 is 10.0 Å². The summed E-state index contributed by atoms with van der Waals surface area (Å²) in [5, 5.41) is 9.30. The predicted octanol–water partition coefficient (Wildman–Crippen LogP) is 2.76. The number of benzene rings is 2. The molecule has 0 saturated carbocycles. The van der Waals surface area contributed by atoms with Crippen molar-refractivity contribution in [1.82, 2.24) is 4.31 Å². The third-order valence-electron chi connectivity index (χ3n) is 3.13. The van der Waals surface area contributed by atoms with E-state index in [-0.39, 0.29) is 18.0 Å². The molecule has 2 aromatic rings. The molecule has 6 heteroatoms. The zero-order chi connectivity index (χ0) is 15.5. The van der Waals surface area contributed by atoms with E-state index in [1.165, 1.54) is 17.4 Å². The van der Waals surface area contributed by atoms with Crippen LogP contribution in [0.4, 0.5) is 0 Å². The van der Waals surface area contributed by atoms with Gasteiger partial charge in [-0.1, -0.05) is 46.3 Å². The standard InChI is InChI=1S/C15H16BrNO3S/c1-17(10-12-5-4-7-14(16)9-12)21(19,20)15-8-3-2-6-13(15)11-18/h2-9,18H,10-11H2,1H3. The molecule has 0 atom stereocenters. The number of aliphatic hydroxyl groups is 1. The lowest BCUT2D eigenvalue weighted by atomic mass is 10.2. The number of hydrogen-bond acceptors (Lipinski definition) is 3. The van der Waals surface area contributed by atoms with E-state index in [1.807, 2.05) is 24.3 Å². The fourth-order valence-electron chi connectivity index (χ4n) is 2.03. The maximum atomic E-state index is 12.6. The number of halogens is 1. The van der Waals surface area contributed by atoms with Crippen LogP contribution in [0.25, 0.3) is 0 Å². The van der Waals surface area contributed by atoms with E-state index >= 15 is 0 Å². The van der Waals surface area contributed by atoms with Crippen molar-refractivity contribution >= 4 is 26.0 Å². The van der Waals surface area contributed by atoms with Gasteiger partial charge in [-0.25, -0.2) is 8.42 Å². The summed E-state index contributed by atoms with van der Waals surface area (Å²) in [6.45, 7) is -0.0400. The van der Waals surface area contributed by atoms with Crippen molar-refractivity contribution in [3.63, 3.8) is 0 Å². The van der Waals surface area contributed by atoms with Gasteiger partial charge in [0, 0.05) is 18.1 Å². The Morgan fingerprint density at radius 3 is 2.52 bits per heavy atom. The molecule has 0 spiro atoms. The van der Waals surface area contributed by atoms with Crippen molar-refractivity contribution in [2.24, 2.45) is 0 Å². The fraction of sp³-hybridized carbons (Fsp3) is 0.200. The van der Waals surface area contributed by atoms with Crippen LogP contribution >= 0.6 is 15.9 Å². The van der Waals surface area contributed by atoms with Gasteiger partial charge in [-0.05, 0) is 29.3 Å². The first-order valence-corrected chi connectivity index (χ1v) is 8.58. The lowest BCUT2D eigenvalue weighted by Crippen LogP contribution is -2.27. The van der Waals surface area contributed by atoms with Gasteiger partial charge < -0.3 is 5.11 Å². The van der Waals surface area contributed by atoms with Crippen LogP contribution in [-0.2, 0) is 23.2 Å². The molecule has 2 rings (SSSR count). The van der Waals surface area contributed by atoms with Crippen LogP contribution in [0, 0.1) is 0 Å². The zero-order valence-corrected chi connectivity index (χ0v) is 13.9. The van der Waals surface area contributed by atoms with Gasteiger partial charge in [0.05, 0.1) is 11.5 Å². The highest BCUT2D eigenvalue weighted by Crippen LogP contribution is 2.21. The normalized spacial score (nSPS) is 11.8. The van der Waals surface area contributed by atoms with E-state index in [4.69, 9.17) is 0 Å². The van der Waals surface area contributed by atoms with Crippen LogP contribution in [0.15, 0.2) is 57.9 Å². The van der Waals surface area contributed by atoms with Gasteiger partial charge in [0.25, 0.3) is 0 Å². The predicted molar refractivity (Wildman–Crippen MR) is 85.2 cm³/mol. The molecule has 21 heavy (non-hydrogen) atoms. The van der Waals surface area contributed by atoms with E-state index in [1.54, 1.807) is 18.2 Å². The first-order valence-electron chi connectivity index (χ1n) is 6.34. The highest BCUT2D eigenvalue weighted by atomic mass is 79.9. The number of sulfonamides is 1. The molecule has 0 fully saturated rings. The summed E-state index contributed by atoms with van der Waals surface area (Å²) in [6.07, 6.45) is 0. The molecule has 2 aromatic carbocycles. The van der Waals surface area contributed by atoms with Gasteiger partial charge in [-0.2, -0.15) is 4.31 Å². The van der Waals surface area contributed by atoms with Crippen molar-refractivity contribution in [2.45, 2.75) is 18.0 Å². The van der Waals surface area contributed by atoms with E-state index in [2.05, 4.69) is 15.9 Å². The molecule has 0 saturated heterocycles. The first kappa shape index (κ1) is 16.2. The lowest BCUT2D eigenvalue weighted by Gasteiger charge is -2.19. The highest BCUT2D eigenvalue weighted by molar-refractivity contribution is 9.10. The van der Waals surface area contributed by atoms with E-state index in [9.17, 15) is 13.5 Å².